The van der Waals surface area contributed by atoms with Crippen molar-refractivity contribution in [1.82, 2.24) is 25.1 Å². The largest absolute Gasteiger partial charge is 0.293 e. The number of hydrogen-bond donors (Lipinski definition) is 1. The van der Waals surface area contributed by atoms with E-state index in [2.05, 4.69) is 78.0 Å². The number of nitrogens with one attached hydrogen (secondary N) is 1. The Bertz CT molecular complexity index is 1220. The molecule has 0 saturated heterocycles. The topological polar surface area (TPSA) is 84.4 Å². The predicted molar refractivity (Wildman–Crippen MR) is 120 cm³/mol. The third-order valence-corrected chi connectivity index (χ3v) is 6.70. The normalized spacial score (nSPS) is 13.0. The number of thiazole rings is 1. The van der Waals surface area contributed by atoms with Crippen LogP contribution in [0.1, 0.15) is 65.8 Å². The highest BCUT2D eigenvalue weighted by molar-refractivity contribution is 7.13. The summed E-state index contributed by atoms with van der Waals surface area (Å²) in [5.74, 6) is 0.265. The highest BCUT2D eigenvalue weighted by atomic mass is 32.1. The van der Waals surface area contributed by atoms with Crippen LogP contribution in [-0.4, -0.2) is 30.9 Å². The molecular weight excluding hydrogens is 394 g/mol. The van der Waals surface area contributed by atoms with Crippen LogP contribution in [0.5, 0.6) is 0 Å². The van der Waals surface area contributed by atoms with Crippen LogP contribution >= 0.6 is 11.3 Å². The fourth-order valence-corrected chi connectivity index (χ4v) is 4.53. The van der Waals surface area contributed by atoms with E-state index in [-0.39, 0.29) is 17.1 Å². The number of benzene rings is 1. The van der Waals surface area contributed by atoms with Crippen molar-refractivity contribution in [2.75, 3.05) is 0 Å². The standard InChI is InChI=1S/C23H25N5OS/c1-13-8-15(20-17-10-27-28-21(17)26-12-25-20)6-7-16(13)14(2)9-18(29)19-11-24-22(30-19)23(3,4)5/h6-8,10-12,14H,9H2,1-5H3,(H,25,26,27,28). The summed E-state index contributed by atoms with van der Waals surface area (Å²) in [5.41, 5.74) is 4.86. The van der Waals surface area contributed by atoms with Gasteiger partial charge in [-0.2, -0.15) is 5.10 Å². The van der Waals surface area contributed by atoms with Gasteiger partial charge in [0.2, 0.25) is 0 Å². The first kappa shape index (κ1) is 20.3. The molecule has 1 N–H and O–H groups in total. The third-order valence-electron chi connectivity index (χ3n) is 5.24. The van der Waals surface area contributed by atoms with E-state index in [0.717, 1.165) is 37.7 Å². The molecule has 3 heterocycles. The maximum atomic E-state index is 12.8. The zero-order chi connectivity index (χ0) is 21.5. The zero-order valence-corrected chi connectivity index (χ0v) is 18.7. The molecule has 0 aliphatic heterocycles. The van der Waals surface area contributed by atoms with Crippen molar-refractivity contribution >= 4 is 28.2 Å². The first-order valence-electron chi connectivity index (χ1n) is 9.98. The van der Waals surface area contributed by atoms with Gasteiger partial charge in [-0.05, 0) is 30.0 Å². The third kappa shape index (κ3) is 3.89. The Hall–Kier alpha value is -2.93. The van der Waals surface area contributed by atoms with E-state index in [0.29, 0.717) is 6.42 Å². The smallest absolute Gasteiger partial charge is 0.175 e. The summed E-state index contributed by atoms with van der Waals surface area (Å²) in [6.07, 6.45) is 5.48. The molecule has 3 aromatic heterocycles. The summed E-state index contributed by atoms with van der Waals surface area (Å²) >= 11 is 1.51. The van der Waals surface area contributed by atoms with Crippen molar-refractivity contribution in [3.63, 3.8) is 0 Å². The summed E-state index contributed by atoms with van der Waals surface area (Å²) in [6, 6.07) is 6.28. The molecule has 0 radical (unpaired) electrons. The number of ketones is 1. The first-order chi connectivity index (χ1) is 14.2. The number of aryl methyl sites for hydroxylation is 1. The lowest BCUT2D eigenvalue weighted by molar-refractivity contribution is 0.0979. The van der Waals surface area contributed by atoms with Crippen molar-refractivity contribution in [1.29, 1.82) is 0 Å². The molecule has 4 aromatic rings. The average molecular weight is 420 g/mol. The molecule has 30 heavy (non-hydrogen) atoms. The number of fused-ring (bicyclic) bond motifs is 1. The minimum atomic E-state index is -0.0391. The van der Waals surface area contributed by atoms with E-state index < -0.39 is 0 Å². The number of hydrogen-bond acceptors (Lipinski definition) is 6. The Labute approximate surface area is 179 Å². The van der Waals surface area contributed by atoms with Crippen LogP contribution in [0.25, 0.3) is 22.3 Å². The van der Waals surface area contributed by atoms with Gasteiger partial charge < -0.3 is 0 Å². The Morgan fingerprint density at radius 3 is 2.67 bits per heavy atom. The molecule has 7 heteroatoms. The molecule has 0 fully saturated rings. The number of aromatic amines is 1. The average Bonchev–Trinajstić information content (AvgIpc) is 3.36. The van der Waals surface area contributed by atoms with Crippen molar-refractivity contribution < 1.29 is 4.79 Å². The number of Topliss-reactive ketones (excluding diaryl/α,β-unsaturated/α-hetero) is 1. The molecule has 6 nitrogen and oxygen atoms in total. The molecule has 0 aliphatic carbocycles. The van der Waals surface area contributed by atoms with Gasteiger partial charge in [-0.15, -0.1) is 11.3 Å². The summed E-state index contributed by atoms with van der Waals surface area (Å²) in [6.45, 7) is 10.5. The highest BCUT2D eigenvalue weighted by Crippen LogP contribution is 2.32. The Morgan fingerprint density at radius 1 is 1.17 bits per heavy atom. The van der Waals surface area contributed by atoms with Gasteiger partial charge in [0.1, 0.15) is 6.33 Å². The Balaban J connectivity index is 1.55. The summed E-state index contributed by atoms with van der Waals surface area (Å²) in [7, 11) is 0. The highest BCUT2D eigenvalue weighted by Gasteiger charge is 2.22. The van der Waals surface area contributed by atoms with Gasteiger partial charge in [-0.25, -0.2) is 15.0 Å². The molecule has 0 bridgehead atoms. The minimum Gasteiger partial charge on any atom is -0.293 e. The van der Waals surface area contributed by atoms with E-state index in [4.69, 9.17) is 0 Å². The number of carbonyl (C=O) groups excluding carboxylic acids is 1. The zero-order valence-electron chi connectivity index (χ0n) is 17.9. The monoisotopic (exact) mass is 419 g/mol. The minimum absolute atomic E-state index is 0.0391. The molecule has 0 saturated carbocycles. The molecule has 1 aromatic carbocycles. The van der Waals surface area contributed by atoms with Gasteiger partial charge in [0.25, 0.3) is 0 Å². The van der Waals surface area contributed by atoms with Crippen LogP contribution in [0, 0.1) is 6.92 Å². The van der Waals surface area contributed by atoms with Crippen LogP contribution in [-0.2, 0) is 5.41 Å². The quantitative estimate of drug-likeness (QED) is 0.434. The van der Waals surface area contributed by atoms with Crippen molar-refractivity contribution in [2.45, 2.75) is 52.4 Å². The second-order valence-corrected chi connectivity index (χ2v) is 9.76. The first-order valence-corrected chi connectivity index (χ1v) is 10.8. The fraction of sp³-hybridized carbons (Fsp3) is 0.348. The van der Waals surface area contributed by atoms with Gasteiger partial charge in [-0.3, -0.25) is 9.89 Å². The fourth-order valence-electron chi connectivity index (χ4n) is 3.61. The lowest BCUT2D eigenvalue weighted by Crippen LogP contribution is -2.09. The van der Waals surface area contributed by atoms with E-state index in [1.807, 2.05) is 0 Å². The molecule has 0 spiro atoms. The number of H-pyrrole nitrogens is 1. The molecule has 4 rings (SSSR count). The second-order valence-electron chi connectivity index (χ2n) is 8.73. The van der Waals surface area contributed by atoms with Crippen LogP contribution in [0.3, 0.4) is 0 Å². The number of carbonyl (C=O) groups is 1. The Morgan fingerprint density at radius 2 is 1.97 bits per heavy atom. The second kappa shape index (κ2) is 7.72. The Kier molecular flexibility index (Phi) is 5.24. The van der Waals surface area contributed by atoms with Gasteiger partial charge in [0.05, 0.1) is 27.2 Å². The van der Waals surface area contributed by atoms with E-state index >= 15 is 0 Å². The van der Waals surface area contributed by atoms with E-state index in [9.17, 15) is 4.79 Å². The van der Waals surface area contributed by atoms with Gasteiger partial charge >= 0.3 is 0 Å². The molecular formula is C23H25N5OS. The van der Waals surface area contributed by atoms with Crippen LogP contribution in [0.15, 0.2) is 36.9 Å². The van der Waals surface area contributed by atoms with Crippen molar-refractivity contribution in [2.24, 2.45) is 0 Å². The van der Waals surface area contributed by atoms with Crippen LogP contribution in [0.2, 0.25) is 0 Å². The molecule has 154 valence electrons. The SMILES string of the molecule is Cc1cc(-c2ncnc3[nH]ncc23)ccc1C(C)CC(=O)c1cnc(C(C)(C)C)s1. The van der Waals surface area contributed by atoms with Crippen molar-refractivity contribution in [3.8, 4) is 11.3 Å². The van der Waals surface area contributed by atoms with Gasteiger partial charge in [-0.1, -0.05) is 39.8 Å². The van der Waals surface area contributed by atoms with E-state index in [1.54, 1.807) is 18.7 Å². The van der Waals surface area contributed by atoms with Crippen LogP contribution < -0.4 is 0 Å². The van der Waals surface area contributed by atoms with Crippen LogP contribution in [0.4, 0.5) is 0 Å². The number of nitrogens with zero attached hydrogens (tertiary/aromatic N) is 4. The summed E-state index contributed by atoms with van der Waals surface area (Å²) in [4.78, 5) is 26.7. The molecule has 0 aliphatic rings. The summed E-state index contributed by atoms with van der Waals surface area (Å²) in [5, 5.41) is 8.83. The maximum Gasteiger partial charge on any atom is 0.175 e. The predicted octanol–water partition coefficient (Wildman–Crippen LogP) is 5.46. The number of rotatable bonds is 5. The van der Waals surface area contributed by atoms with Crippen molar-refractivity contribution in [3.05, 3.63) is 57.9 Å². The maximum absolute atomic E-state index is 12.8. The number of aromatic nitrogens is 5. The molecule has 1 atom stereocenters. The summed E-state index contributed by atoms with van der Waals surface area (Å²) < 4.78 is 0. The van der Waals surface area contributed by atoms with Gasteiger partial charge in [0.15, 0.2) is 11.4 Å². The van der Waals surface area contributed by atoms with Gasteiger partial charge in [0, 0.05) is 23.6 Å². The molecule has 0 amide bonds. The van der Waals surface area contributed by atoms with E-state index in [1.165, 1.54) is 16.9 Å². The lowest BCUT2D eigenvalue weighted by atomic mass is 9.90. The lowest BCUT2D eigenvalue weighted by Gasteiger charge is -2.15. The molecule has 1 unspecified atom stereocenters.